The van der Waals surface area contributed by atoms with E-state index in [0.29, 0.717) is 6.54 Å². The Morgan fingerprint density at radius 3 is 2.67 bits per heavy atom. The Labute approximate surface area is 53.0 Å². The van der Waals surface area contributed by atoms with Gasteiger partial charge in [0.25, 0.3) is 6.67 Å². The molecule has 0 unspecified atom stereocenters. The van der Waals surface area contributed by atoms with E-state index in [4.69, 9.17) is 5.11 Å². The first-order valence-corrected chi connectivity index (χ1v) is 2.58. The van der Waals surface area contributed by atoms with Gasteiger partial charge in [-0.1, -0.05) is 0 Å². The van der Waals surface area contributed by atoms with Gasteiger partial charge < -0.3 is 5.11 Å². The Bertz CT molecular complexity index is 95.8. The zero-order chi connectivity index (χ0) is 7.28. The molecule has 0 aromatic rings. The van der Waals surface area contributed by atoms with E-state index in [2.05, 4.69) is 0 Å². The summed E-state index contributed by atoms with van der Waals surface area (Å²) in [6.07, 6.45) is 0. The summed E-state index contributed by atoms with van der Waals surface area (Å²) in [5.41, 5.74) is 0. The first kappa shape index (κ1) is 8.32. The van der Waals surface area contributed by atoms with E-state index in [0.717, 1.165) is 0 Å². The molecule has 5 heteroatoms. The molecule has 0 atom stereocenters. The van der Waals surface area contributed by atoms with Gasteiger partial charge in [0.15, 0.2) is 0 Å². The number of hydrogen-bond donors (Lipinski definition) is 1. The normalized spacial score (nSPS) is 10.1. The predicted octanol–water partition coefficient (Wildman–Crippen LogP) is -0.855. The molecule has 0 aliphatic heterocycles. The highest BCUT2D eigenvalue weighted by atomic mass is 16.6. The van der Waals surface area contributed by atoms with Gasteiger partial charge >= 0.3 is 0 Å². The maximum atomic E-state index is 9.77. The molecule has 0 fully saturated rings. The second kappa shape index (κ2) is 4.22. The van der Waals surface area contributed by atoms with Crippen LogP contribution in [0.2, 0.25) is 0 Å². The number of nitrogens with zero attached hydrogens (tertiary/aromatic N) is 2. The summed E-state index contributed by atoms with van der Waals surface area (Å²) in [5.74, 6) is 0. The zero-order valence-corrected chi connectivity index (χ0v) is 5.28. The van der Waals surface area contributed by atoms with Gasteiger partial charge in [0.2, 0.25) is 0 Å². The summed E-state index contributed by atoms with van der Waals surface area (Å²) in [5, 5.41) is 18.1. The van der Waals surface area contributed by atoms with Crippen LogP contribution in [-0.4, -0.2) is 41.8 Å². The minimum atomic E-state index is -0.435. The number of rotatable bonds is 4. The fourth-order valence-corrected chi connectivity index (χ4v) is 0.439. The molecule has 0 aromatic carbocycles. The Balaban J connectivity index is 3.26. The lowest BCUT2D eigenvalue weighted by Gasteiger charge is -2.07. The summed E-state index contributed by atoms with van der Waals surface area (Å²) in [7, 11) is 1.58. The van der Waals surface area contributed by atoms with Crippen LogP contribution in [-0.2, 0) is 0 Å². The van der Waals surface area contributed by atoms with Crippen molar-refractivity contribution in [2.75, 3.05) is 26.9 Å². The molecule has 0 heterocycles. The van der Waals surface area contributed by atoms with Crippen molar-refractivity contribution in [1.82, 2.24) is 4.90 Å². The number of hydrogen-bond acceptors (Lipinski definition) is 4. The summed E-state index contributed by atoms with van der Waals surface area (Å²) in [4.78, 5) is 10.8. The van der Waals surface area contributed by atoms with Gasteiger partial charge in [-0.2, -0.15) is 0 Å². The number of aliphatic hydroxyl groups is 1. The summed E-state index contributed by atoms with van der Waals surface area (Å²) in [6, 6.07) is 0. The first-order valence-electron chi connectivity index (χ1n) is 2.58. The van der Waals surface area contributed by atoms with E-state index in [-0.39, 0.29) is 13.3 Å². The van der Waals surface area contributed by atoms with E-state index in [1.54, 1.807) is 7.05 Å². The Morgan fingerprint density at radius 2 is 2.33 bits per heavy atom. The molecule has 0 aliphatic carbocycles. The van der Waals surface area contributed by atoms with Crippen molar-refractivity contribution in [3.05, 3.63) is 10.1 Å². The fourth-order valence-electron chi connectivity index (χ4n) is 0.439. The van der Waals surface area contributed by atoms with Crippen LogP contribution in [0.15, 0.2) is 0 Å². The third kappa shape index (κ3) is 5.19. The molecule has 0 amide bonds. The topological polar surface area (TPSA) is 66.6 Å². The largest absolute Gasteiger partial charge is 0.395 e. The molecule has 0 bridgehead atoms. The lowest BCUT2D eigenvalue weighted by Crippen LogP contribution is -2.27. The van der Waals surface area contributed by atoms with Gasteiger partial charge in [-0.15, -0.1) is 0 Å². The highest BCUT2D eigenvalue weighted by Crippen LogP contribution is 1.79. The quantitative estimate of drug-likeness (QED) is 0.309. The van der Waals surface area contributed by atoms with E-state index >= 15 is 0 Å². The van der Waals surface area contributed by atoms with Crippen molar-refractivity contribution in [1.29, 1.82) is 0 Å². The zero-order valence-electron chi connectivity index (χ0n) is 5.28. The van der Waals surface area contributed by atoms with E-state index < -0.39 is 4.92 Å². The predicted molar refractivity (Wildman–Crippen MR) is 31.6 cm³/mol. The van der Waals surface area contributed by atoms with Gasteiger partial charge in [-0.25, -0.2) is 4.90 Å². The molecule has 0 spiro atoms. The summed E-state index contributed by atoms with van der Waals surface area (Å²) in [6.45, 7) is 0.103. The third-order valence-electron chi connectivity index (χ3n) is 0.839. The van der Waals surface area contributed by atoms with E-state index in [1.165, 1.54) is 4.90 Å². The maximum absolute atomic E-state index is 9.77. The van der Waals surface area contributed by atoms with Crippen LogP contribution >= 0.6 is 0 Å². The van der Waals surface area contributed by atoms with Gasteiger partial charge in [0.1, 0.15) is 0 Å². The lowest BCUT2D eigenvalue weighted by molar-refractivity contribution is -0.502. The minimum Gasteiger partial charge on any atom is -0.395 e. The number of aliphatic hydroxyl groups excluding tert-OH is 1. The molecule has 0 saturated carbocycles. The van der Waals surface area contributed by atoms with Crippen molar-refractivity contribution >= 4 is 0 Å². The molecular formula is C4H10N2O3. The Hall–Kier alpha value is -0.680. The molecule has 0 rings (SSSR count). The molecule has 54 valence electrons. The van der Waals surface area contributed by atoms with Crippen LogP contribution < -0.4 is 0 Å². The molecule has 5 nitrogen and oxygen atoms in total. The Kier molecular flexibility index (Phi) is 3.90. The average molecular weight is 134 g/mol. The smallest absolute Gasteiger partial charge is 0.259 e. The van der Waals surface area contributed by atoms with Crippen molar-refractivity contribution in [3.8, 4) is 0 Å². The van der Waals surface area contributed by atoms with Crippen LogP contribution in [0.1, 0.15) is 0 Å². The van der Waals surface area contributed by atoms with Crippen LogP contribution in [0, 0.1) is 10.1 Å². The second-order valence-electron chi connectivity index (χ2n) is 1.78. The second-order valence-corrected chi connectivity index (χ2v) is 1.78. The lowest BCUT2D eigenvalue weighted by atomic mass is 10.6. The maximum Gasteiger partial charge on any atom is 0.259 e. The number of nitro groups is 1. The molecular weight excluding hydrogens is 124 g/mol. The average Bonchev–Trinajstić information content (AvgIpc) is 1.63. The summed E-state index contributed by atoms with van der Waals surface area (Å²) >= 11 is 0. The monoisotopic (exact) mass is 134 g/mol. The van der Waals surface area contributed by atoms with Gasteiger partial charge in [0, 0.05) is 11.5 Å². The van der Waals surface area contributed by atoms with Crippen molar-refractivity contribution in [2.45, 2.75) is 0 Å². The Morgan fingerprint density at radius 1 is 1.78 bits per heavy atom. The highest BCUT2D eigenvalue weighted by molar-refractivity contribution is 4.39. The minimum absolute atomic E-state index is 0.0374. The van der Waals surface area contributed by atoms with E-state index in [1.807, 2.05) is 0 Å². The van der Waals surface area contributed by atoms with Crippen molar-refractivity contribution in [2.24, 2.45) is 0 Å². The summed E-state index contributed by atoms with van der Waals surface area (Å²) < 4.78 is 0. The third-order valence-corrected chi connectivity index (χ3v) is 0.839. The van der Waals surface area contributed by atoms with Crippen LogP contribution in [0.4, 0.5) is 0 Å². The molecule has 0 aromatic heterocycles. The molecule has 9 heavy (non-hydrogen) atoms. The fraction of sp³-hybridized carbons (Fsp3) is 1.00. The van der Waals surface area contributed by atoms with E-state index in [9.17, 15) is 10.1 Å². The number of likely N-dealkylation sites (N-methyl/N-ethyl adjacent to an activating group) is 1. The first-order chi connectivity index (χ1) is 4.16. The van der Waals surface area contributed by atoms with Crippen LogP contribution in [0.25, 0.3) is 0 Å². The molecule has 0 radical (unpaired) electrons. The highest BCUT2D eigenvalue weighted by Gasteiger charge is 2.01. The van der Waals surface area contributed by atoms with Crippen molar-refractivity contribution < 1.29 is 10.0 Å². The van der Waals surface area contributed by atoms with Crippen LogP contribution in [0.3, 0.4) is 0 Å². The standard InChI is InChI=1S/C4H10N2O3/c1-5(2-3-7)4-6(8)9/h7H,2-4H2,1H3. The molecule has 1 N–H and O–H groups in total. The van der Waals surface area contributed by atoms with Gasteiger partial charge in [-0.3, -0.25) is 10.1 Å². The molecule has 0 saturated heterocycles. The van der Waals surface area contributed by atoms with Crippen molar-refractivity contribution in [3.63, 3.8) is 0 Å². The van der Waals surface area contributed by atoms with Crippen LogP contribution in [0.5, 0.6) is 0 Å². The SMILES string of the molecule is CN(CCO)C[N+](=O)[O-]. The van der Waals surface area contributed by atoms with Gasteiger partial charge in [0.05, 0.1) is 6.61 Å². The van der Waals surface area contributed by atoms with Gasteiger partial charge in [-0.05, 0) is 7.05 Å². The molecule has 0 aliphatic rings.